The minimum atomic E-state index is 0.777. The highest BCUT2D eigenvalue weighted by Crippen LogP contribution is 2.24. The van der Waals surface area contributed by atoms with Gasteiger partial charge in [-0.2, -0.15) is 0 Å². The lowest BCUT2D eigenvalue weighted by Gasteiger charge is -2.16. The van der Waals surface area contributed by atoms with Gasteiger partial charge < -0.3 is 4.90 Å². The van der Waals surface area contributed by atoms with E-state index >= 15 is 0 Å². The van der Waals surface area contributed by atoms with Crippen molar-refractivity contribution in [2.45, 2.75) is 12.8 Å². The van der Waals surface area contributed by atoms with Gasteiger partial charge in [0.15, 0.2) is 0 Å². The van der Waals surface area contributed by atoms with Crippen LogP contribution < -0.4 is 4.90 Å². The average molecular weight is 306 g/mol. The number of hydrogen-bond donors (Lipinski definition) is 0. The summed E-state index contributed by atoms with van der Waals surface area (Å²) in [6, 6.07) is 8.15. The first kappa shape index (κ1) is 11.9. The molecule has 1 aliphatic rings. The van der Waals surface area contributed by atoms with Gasteiger partial charge >= 0.3 is 0 Å². The van der Waals surface area contributed by atoms with Gasteiger partial charge in [0.1, 0.15) is 0 Å². The molecule has 1 atom stereocenters. The van der Waals surface area contributed by atoms with E-state index in [1.807, 2.05) is 24.4 Å². The molecule has 1 aromatic heterocycles. The molecule has 94 valence electrons. The van der Waals surface area contributed by atoms with E-state index in [-0.39, 0.29) is 0 Å². The average Bonchev–Trinajstić information content (AvgIpc) is 2.87. The highest BCUT2D eigenvalue weighted by atomic mass is 79.9. The molecule has 1 aliphatic heterocycles. The minimum Gasteiger partial charge on any atom is -0.341 e. The van der Waals surface area contributed by atoms with Crippen molar-refractivity contribution in [1.82, 2.24) is 9.97 Å². The second kappa shape index (κ2) is 5.22. The first-order chi connectivity index (χ1) is 8.86. The van der Waals surface area contributed by atoms with Crippen LogP contribution in [-0.4, -0.2) is 28.4 Å². The maximum Gasteiger partial charge on any atom is 0.225 e. The van der Waals surface area contributed by atoms with Crippen molar-refractivity contribution in [1.29, 1.82) is 0 Å². The summed E-state index contributed by atoms with van der Waals surface area (Å²) in [5.74, 6) is 1.66. The summed E-state index contributed by atoms with van der Waals surface area (Å²) in [6.07, 6.45) is 4.42. The van der Waals surface area contributed by atoms with Crippen LogP contribution in [0.2, 0.25) is 0 Å². The number of nitrogens with zero attached hydrogens (tertiary/aromatic N) is 3. The Bertz CT molecular complexity index is 543. The zero-order valence-electron chi connectivity index (χ0n) is 10.2. The van der Waals surface area contributed by atoms with E-state index in [2.05, 4.69) is 36.9 Å². The Morgan fingerprint density at radius 1 is 1.33 bits per heavy atom. The van der Waals surface area contributed by atoms with E-state index in [0.29, 0.717) is 0 Å². The second-order valence-corrected chi connectivity index (χ2v) is 5.60. The summed E-state index contributed by atoms with van der Waals surface area (Å²) in [5.41, 5.74) is 1.03. The van der Waals surface area contributed by atoms with Crippen LogP contribution in [0, 0.1) is 5.92 Å². The molecular weight excluding hydrogens is 290 g/mol. The van der Waals surface area contributed by atoms with Crippen molar-refractivity contribution < 1.29 is 0 Å². The molecule has 0 N–H and O–H groups in total. The van der Waals surface area contributed by atoms with Crippen molar-refractivity contribution in [3.63, 3.8) is 0 Å². The fourth-order valence-corrected chi connectivity index (χ4v) is 3.17. The van der Waals surface area contributed by atoms with Crippen molar-refractivity contribution in [2.75, 3.05) is 23.3 Å². The third-order valence-corrected chi connectivity index (χ3v) is 4.02. The molecule has 3 nitrogen and oxygen atoms in total. The molecule has 0 amide bonds. The molecule has 0 saturated carbocycles. The maximum atomic E-state index is 4.65. The number of alkyl halides is 1. The normalized spacial score (nSPS) is 19.6. The minimum absolute atomic E-state index is 0.777. The van der Waals surface area contributed by atoms with Crippen LogP contribution in [0.4, 0.5) is 5.95 Å². The third-order valence-electron chi connectivity index (χ3n) is 3.56. The van der Waals surface area contributed by atoms with Crippen LogP contribution in [0.15, 0.2) is 30.5 Å². The summed E-state index contributed by atoms with van der Waals surface area (Å²) in [7, 11) is 0. The van der Waals surface area contributed by atoms with Crippen LogP contribution in [0.1, 0.15) is 12.8 Å². The van der Waals surface area contributed by atoms with Gasteiger partial charge in [-0.25, -0.2) is 9.97 Å². The van der Waals surface area contributed by atoms with E-state index in [0.717, 1.165) is 41.2 Å². The molecule has 2 aromatic rings. The number of aromatic nitrogens is 2. The van der Waals surface area contributed by atoms with Crippen molar-refractivity contribution in [2.24, 2.45) is 5.92 Å². The largest absolute Gasteiger partial charge is 0.341 e. The highest BCUT2D eigenvalue weighted by Gasteiger charge is 2.23. The number of para-hydroxylation sites is 1. The van der Waals surface area contributed by atoms with Crippen molar-refractivity contribution in [3.8, 4) is 0 Å². The molecule has 0 aliphatic carbocycles. The first-order valence-electron chi connectivity index (χ1n) is 6.39. The summed E-state index contributed by atoms with van der Waals surface area (Å²) < 4.78 is 0. The predicted octanol–water partition coefficient (Wildman–Crippen LogP) is 3.24. The maximum absolute atomic E-state index is 4.65. The molecule has 1 aromatic carbocycles. The van der Waals surface area contributed by atoms with Gasteiger partial charge in [-0.3, -0.25) is 0 Å². The lowest BCUT2D eigenvalue weighted by atomic mass is 10.1. The Hall–Kier alpha value is -1.16. The smallest absolute Gasteiger partial charge is 0.225 e. The van der Waals surface area contributed by atoms with Gasteiger partial charge in [-0.15, -0.1) is 0 Å². The van der Waals surface area contributed by atoms with Gasteiger partial charge in [0.05, 0.1) is 5.52 Å². The van der Waals surface area contributed by atoms with Crippen molar-refractivity contribution >= 4 is 32.8 Å². The summed E-state index contributed by atoms with van der Waals surface area (Å²) >= 11 is 3.52. The molecule has 2 heterocycles. The fraction of sp³-hybridized carbons (Fsp3) is 0.429. The van der Waals surface area contributed by atoms with E-state index in [9.17, 15) is 0 Å². The molecule has 18 heavy (non-hydrogen) atoms. The number of benzene rings is 1. The predicted molar refractivity (Wildman–Crippen MR) is 78.3 cm³/mol. The Balaban J connectivity index is 1.82. The molecule has 3 rings (SSSR count). The summed E-state index contributed by atoms with van der Waals surface area (Å²) in [4.78, 5) is 11.4. The van der Waals surface area contributed by atoms with Gasteiger partial charge in [-0.1, -0.05) is 34.1 Å². The van der Waals surface area contributed by atoms with Gasteiger partial charge in [-0.05, 0) is 24.8 Å². The molecule has 1 saturated heterocycles. The molecule has 0 spiro atoms. The van der Waals surface area contributed by atoms with Gasteiger partial charge in [0.2, 0.25) is 5.95 Å². The number of hydrogen-bond acceptors (Lipinski definition) is 3. The second-order valence-electron chi connectivity index (χ2n) is 4.81. The first-order valence-corrected chi connectivity index (χ1v) is 7.51. The monoisotopic (exact) mass is 305 g/mol. The Kier molecular flexibility index (Phi) is 3.46. The van der Waals surface area contributed by atoms with Crippen LogP contribution in [0.5, 0.6) is 0 Å². The SMILES string of the molecule is BrCCC1CCN(c2ncc3ccccc3n2)C1. The molecule has 0 bridgehead atoms. The Morgan fingerprint density at radius 3 is 3.11 bits per heavy atom. The lowest BCUT2D eigenvalue weighted by molar-refractivity contribution is 0.575. The highest BCUT2D eigenvalue weighted by molar-refractivity contribution is 9.09. The zero-order valence-corrected chi connectivity index (χ0v) is 11.8. The number of rotatable bonds is 3. The van der Waals surface area contributed by atoms with Crippen LogP contribution >= 0.6 is 15.9 Å². The molecule has 1 fully saturated rings. The van der Waals surface area contributed by atoms with Gasteiger partial charge in [0.25, 0.3) is 0 Å². The number of anilines is 1. The standard InChI is InChI=1S/C14H16BrN3/c15-7-5-11-6-8-18(10-11)14-16-9-12-3-1-2-4-13(12)17-14/h1-4,9,11H,5-8,10H2. The van der Waals surface area contributed by atoms with E-state index < -0.39 is 0 Å². The van der Waals surface area contributed by atoms with Crippen LogP contribution in [0.25, 0.3) is 10.9 Å². The van der Waals surface area contributed by atoms with E-state index in [1.54, 1.807) is 0 Å². The lowest BCUT2D eigenvalue weighted by Crippen LogP contribution is -2.22. The Labute approximate surface area is 115 Å². The Morgan fingerprint density at radius 2 is 2.22 bits per heavy atom. The van der Waals surface area contributed by atoms with Crippen LogP contribution in [0.3, 0.4) is 0 Å². The van der Waals surface area contributed by atoms with Gasteiger partial charge in [0, 0.05) is 30.0 Å². The third kappa shape index (κ3) is 2.34. The topological polar surface area (TPSA) is 29.0 Å². The molecule has 1 unspecified atom stereocenters. The summed E-state index contributed by atoms with van der Waals surface area (Å²) in [5, 5.41) is 2.20. The van der Waals surface area contributed by atoms with E-state index in [1.165, 1.54) is 12.8 Å². The number of halogens is 1. The van der Waals surface area contributed by atoms with Crippen LogP contribution in [-0.2, 0) is 0 Å². The fourth-order valence-electron chi connectivity index (χ4n) is 2.52. The van der Waals surface area contributed by atoms with E-state index in [4.69, 9.17) is 0 Å². The molecule has 4 heteroatoms. The van der Waals surface area contributed by atoms with Crippen molar-refractivity contribution in [3.05, 3.63) is 30.5 Å². The quantitative estimate of drug-likeness (QED) is 0.815. The zero-order chi connectivity index (χ0) is 12.4. The molecule has 0 radical (unpaired) electrons. The summed E-state index contributed by atoms with van der Waals surface area (Å²) in [6.45, 7) is 2.17. The number of fused-ring (bicyclic) bond motifs is 1. The molecular formula is C14H16BrN3.